The molecular formula is C21H22N4O3. The molecule has 0 fully saturated rings. The minimum atomic E-state index is -0.560. The molecule has 7 nitrogen and oxygen atoms in total. The van der Waals surface area contributed by atoms with Gasteiger partial charge in [-0.25, -0.2) is 14.5 Å². The van der Waals surface area contributed by atoms with Crippen molar-refractivity contribution in [3.63, 3.8) is 0 Å². The molecule has 7 heteroatoms. The minimum absolute atomic E-state index is 0.322. The number of carbonyl (C=O) groups is 2. The molecule has 144 valence electrons. The molecule has 0 radical (unpaired) electrons. The van der Waals surface area contributed by atoms with Crippen LogP contribution in [0.1, 0.15) is 42.1 Å². The van der Waals surface area contributed by atoms with Gasteiger partial charge in [0, 0.05) is 5.69 Å². The summed E-state index contributed by atoms with van der Waals surface area (Å²) in [5.74, 6) is -0.610. The third-order valence-corrected chi connectivity index (χ3v) is 4.50. The number of esters is 1. The molecule has 0 aliphatic carbocycles. The lowest BCUT2D eigenvalue weighted by atomic mass is 9.97. The fraction of sp³-hybridized carbons (Fsp3) is 0.238. The maximum absolute atomic E-state index is 12.2. The van der Waals surface area contributed by atoms with Crippen LogP contribution in [-0.2, 0) is 9.53 Å². The van der Waals surface area contributed by atoms with Gasteiger partial charge in [-0.3, -0.25) is 4.79 Å². The Kier molecular flexibility index (Phi) is 6.16. The summed E-state index contributed by atoms with van der Waals surface area (Å²) < 4.78 is 6.71. The Balaban J connectivity index is 1.57. The van der Waals surface area contributed by atoms with E-state index in [2.05, 4.69) is 29.2 Å². The third kappa shape index (κ3) is 4.62. The summed E-state index contributed by atoms with van der Waals surface area (Å²) in [5.41, 5.74) is 2.94. The molecule has 28 heavy (non-hydrogen) atoms. The Bertz CT molecular complexity index is 937. The molecule has 0 unspecified atom stereocenters. The number of hydrogen-bond acceptors (Lipinski definition) is 5. The van der Waals surface area contributed by atoms with Crippen LogP contribution < -0.4 is 5.32 Å². The number of anilines is 1. The van der Waals surface area contributed by atoms with E-state index >= 15 is 0 Å². The largest absolute Gasteiger partial charge is 0.452 e. The summed E-state index contributed by atoms with van der Waals surface area (Å²) >= 11 is 0. The van der Waals surface area contributed by atoms with Crippen molar-refractivity contribution in [1.29, 1.82) is 0 Å². The zero-order chi connectivity index (χ0) is 19.9. The molecule has 0 aliphatic heterocycles. The van der Waals surface area contributed by atoms with Gasteiger partial charge in [0.1, 0.15) is 12.7 Å². The molecule has 0 aliphatic rings. The van der Waals surface area contributed by atoms with Crippen molar-refractivity contribution in [2.75, 3.05) is 11.9 Å². The SMILES string of the molecule is CC[C@@H](C)c1ccccc1NC(=O)COC(=O)c1ccc(-n2cncn2)cc1. The molecular weight excluding hydrogens is 356 g/mol. The highest BCUT2D eigenvalue weighted by molar-refractivity contribution is 5.96. The summed E-state index contributed by atoms with van der Waals surface area (Å²) in [6.07, 6.45) is 3.96. The Morgan fingerprint density at radius 3 is 2.57 bits per heavy atom. The number of benzene rings is 2. The second-order valence-corrected chi connectivity index (χ2v) is 6.41. The van der Waals surface area contributed by atoms with Crippen LogP contribution in [0.15, 0.2) is 61.2 Å². The lowest BCUT2D eigenvalue weighted by molar-refractivity contribution is -0.119. The van der Waals surface area contributed by atoms with Gasteiger partial charge >= 0.3 is 5.97 Å². The van der Waals surface area contributed by atoms with Crippen molar-refractivity contribution in [2.24, 2.45) is 0 Å². The predicted molar refractivity (Wildman–Crippen MR) is 105 cm³/mol. The van der Waals surface area contributed by atoms with E-state index in [4.69, 9.17) is 4.74 Å². The number of ether oxygens (including phenoxy) is 1. The van der Waals surface area contributed by atoms with E-state index < -0.39 is 5.97 Å². The minimum Gasteiger partial charge on any atom is -0.452 e. The van der Waals surface area contributed by atoms with Gasteiger partial charge in [-0.05, 0) is 48.2 Å². The monoisotopic (exact) mass is 378 g/mol. The van der Waals surface area contributed by atoms with Crippen LogP contribution in [0, 0.1) is 0 Å². The summed E-state index contributed by atoms with van der Waals surface area (Å²) in [5, 5.41) is 6.85. The van der Waals surface area contributed by atoms with Crippen molar-refractivity contribution >= 4 is 17.6 Å². The van der Waals surface area contributed by atoms with E-state index in [-0.39, 0.29) is 12.5 Å². The number of hydrogen-bond donors (Lipinski definition) is 1. The molecule has 0 spiro atoms. The van der Waals surface area contributed by atoms with Gasteiger partial charge in [0.25, 0.3) is 5.91 Å². The van der Waals surface area contributed by atoms with E-state index in [1.165, 1.54) is 6.33 Å². The second-order valence-electron chi connectivity index (χ2n) is 6.41. The van der Waals surface area contributed by atoms with Crippen molar-refractivity contribution in [2.45, 2.75) is 26.2 Å². The first-order valence-electron chi connectivity index (χ1n) is 9.09. The van der Waals surface area contributed by atoms with Crippen molar-refractivity contribution < 1.29 is 14.3 Å². The zero-order valence-corrected chi connectivity index (χ0v) is 15.8. The molecule has 0 saturated heterocycles. The number of nitrogens with zero attached hydrogens (tertiary/aromatic N) is 3. The van der Waals surface area contributed by atoms with Gasteiger partial charge in [0.2, 0.25) is 0 Å². The molecule has 1 aromatic heterocycles. The first kappa shape index (κ1) is 19.3. The van der Waals surface area contributed by atoms with Crippen LogP contribution in [0.5, 0.6) is 0 Å². The third-order valence-electron chi connectivity index (χ3n) is 4.50. The van der Waals surface area contributed by atoms with Crippen molar-refractivity contribution in [3.05, 3.63) is 72.3 Å². The van der Waals surface area contributed by atoms with E-state index in [1.54, 1.807) is 35.3 Å². The molecule has 3 rings (SSSR count). The van der Waals surface area contributed by atoms with Crippen LogP contribution in [0.4, 0.5) is 5.69 Å². The average molecular weight is 378 g/mol. The van der Waals surface area contributed by atoms with Crippen molar-refractivity contribution in [3.8, 4) is 5.69 Å². The molecule has 1 heterocycles. The fourth-order valence-corrected chi connectivity index (χ4v) is 2.75. The van der Waals surface area contributed by atoms with Gasteiger partial charge in [0.15, 0.2) is 6.61 Å². The summed E-state index contributed by atoms with van der Waals surface area (Å²) in [4.78, 5) is 28.3. The molecule has 0 bridgehead atoms. The molecule has 3 aromatic rings. The van der Waals surface area contributed by atoms with Crippen LogP contribution >= 0.6 is 0 Å². The van der Waals surface area contributed by atoms with E-state index in [0.717, 1.165) is 23.4 Å². The maximum atomic E-state index is 12.2. The smallest absolute Gasteiger partial charge is 0.338 e. The molecule has 1 atom stereocenters. The number of carbonyl (C=O) groups excluding carboxylic acids is 2. The summed E-state index contributed by atoms with van der Waals surface area (Å²) in [6.45, 7) is 3.85. The van der Waals surface area contributed by atoms with Crippen LogP contribution in [-0.4, -0.2) is 33.2 Å². The Labute approximate surface area is 163 Å². The van der Waals surface area contributed by atoms with Crippen LogP contribution in [0.25, 0.3) is 5.69 Å². The highest BCUT2D eigenvalue weighted by Gasteiger charge is 2.14. The normalized spacial score (nSPS) is 11.6. The van der Waals surface area contributed by atoms with Gasteiger partial charge in [-0.1, -0.05) is 32.0 Å². The molecule has 1 amide bonds. The van der Waals surface area contributed by atoms with Gasteiger partial charge in [-0.2, -0.15) is 5.10 Å². The number of nitrogens with one attached hydrogen (secondary N) is 1. The number of rotatable bonds is 7. The topological polar surface area (TPSA) is 86.1 Å². The maximum Gasteiger partial charge on any atom is 0.338 e. The number of para-hydroxylation sites is 1. The van der Waals surface area contributed by atoms with Crippen molar-refractivity contribution in [1.82, 2.24) is 14.8 Å². The van der Waals surface area contributed by atoms with Crippen LogP contribution in [0.2, 0.25) is 0 Å². The highest BCUT2D eigenvalue weighted by Crippen LogP contribution is 2.26. The van der Waals surface area contributed by atoms with E-state index in [0.29, 0.717) is 11.5 Å². The van der Waals surface area contributed by atoms with E-state index in [1.807, 2.05) is 24.3 Å². The molecule has 0 saturated carbocycles. The highest BCUT2D eigenvalue weighted by atomic mass is 16.5. The Morgan fingerprint density at radius 1 is 1.14 bits per heavy atom. The number of aromatic nitrogens is 3. The Hall–Kier alpha value is -3.48. The lowest BCUT2D eigenvalue weighted by Gasteiger charge is -2.15. The zero-order valence-electron chi connectivity index (χ0n) is 15.8. The van der Waals surface area contributed by atoms with Gasteiger partial charge in [0.05, 0.1) is 11.3 Å². The summed E-state index contributed by atoms with van der Waals surface area (Å²) in [6, 6.07) is 14.4. The summed E-state index contributed by atoms with van der Waals surface area (Å²) in [7, 11) is 0. The van der Waals surface area contributed by atoms with E-state index in [9.17, 15) is 9.59 Å². The Morgan fingerprint density at radius 2 is 1.89 bits per heavy atom. The fourth-order valence-electron chi connectivity index (χ4n) is 2.75. The van der Waals surface area contributed by atoms with Crippen LogP contribution in [0.3, 0.4) is 0 Å². The predicted octanol–water partition coefficient (Wildman–Crippen LogP) is 3.58. The molecule has 2 aromatic carbocycles. The molecule has 1 N–H and O–H groups in total. The van der Waals surface area contributed by atoms with Gasteiger partial charge < -0.3 is 10.1 Å². The first-order valence-corrected chi connectivity index (χ1v) is 9.09. The lowest BCUT2D eigenvalue weighted by Crippen LogP contribution is -2.21. The van der Waals surface area contributed by atoms with Gasteiger partial charge in [-0.15, -0.1) is 0 Å². The second kappa shape index (κ2) is 8.94. The quantitative estimate of drug-likeness (QED) is 0.635. The first-order chi connectivity index (χ1) is 13.6. The standard InChI is InChI=1S/C21H22N4O3/c1-3-15(2)18-6-4-5-7-19(18)24-20(26)12-28-21(27)16-8-10-17(11-9-16)25-14-22-13-23-25/h4-11,13-15H,3,12H2,1-2H3,(H,24,26)/t15-/m1/s1. The number of amides is 1. The average Bonchev–Trinajstić information content (AvgIpc) is 3.27.